The first kappa shape index (κ1) is 28.3. The Morgan fingerprint density at radius 1 is 0.512 bits per heavy atom. The zero-order valence-electron chi connectivity index (χ0n) is 22.9. The van der Waals surface area contributed by atoms with E-state index in [9.17, 15) is 8.42 Å². The fourth-order valence-corrected chi connectivity index (χ4v) is 7.50. The van der Waals surface area contributed by atoms with Gasteiger partial charge in [0.2, 0.25) is 0 Å². The van der Waals surface area contributed by atoms with Crippen LogP contribution in [-0.2, 0) is 10.7 Å². The number of fused-ring (bicyclic) bond motifs is 4. The highest BCUT2D eigenvalue weighted by Crippen LogP contribution is 2.39. The molecule has 0 aliphatic carbocycles. The first-order valence-corrected chi connectivity index (χ1v) is 16.5. The van der Waals surface area contributed by atoms with E-state index in [2.05, 4.69) is 77.5 Å². The van der Waals surface area contributed by atoms with Crippen LogP contribution in [0.2, 0.25) is 0 Å². The van der Waals surface area contributed by atoms with Gasteiger partial charge in [-0.3, -0.25) is 0 Å². The van der Waals surface area contributed by atoms with Crippen molar-refractivity contribution in [3.8, 4) is 17.2 Å². The summed E-state index contributed by atoms with van der Waals surface area (Å²) in [5, 5.41) is 19.2. The van der Waals surface area contributed by atoms with Gasteiger partial charge in [-0.2, -0.15) is 5.26 Å². The van der Waals surface area contributed by atoms with Crippen LogP contribution in [0.4, 0.5) is 0 Å². The Bertz CT molecular complexity index is 2110. The molecule has 8 rings (SSSR count). The van der Waals surface area contributed by atoms with Gasteiger partial charge in [0.1, 0.15) is 0 Å². The van der Waals surface area contributed by atoms with Crippen LogP contribution in [0.1, 0.15) is 5.56 Å². The Morgan fingerprint density at radius 3 is 1.40 bits per heavy atom. The molecule has 6 aromatic carbocycles. The van der Waals surface area contributed by atoms with Gasteiger partial charge in [-0.25, -0.2) is 8.42 Å². The van der Waals surface area contributed by atoms with Crippen molar-refractivity contribution in [1.82, 2.24) is 0 Å². The number of thiol groups is 1. The van der Waals surface area contributed by atoms with Gasteiger partial charge in [-0.15, -0.1) is 22.7 Å². The molecule has 0 saturated carbocycles. The highest BCUT2D eigenvalue weighted by molar-refractivity contribution is 7.73. The topological polar surface area (TPSA) is 57.9 Å². The molecule has 0 fully saturated rings. The molecule has 2 aromatic heterocycles. The predicted octanol–water partition coefficient (Wildman–Crippen LogP) is 10.3. The van der Waals surface area contributed by atoms with E-state index < -0.39 is 10.7 Å². The van der Waals surface area contributed by atoms with Gasteiger partial charge in [-0.1, -0.05) is 97.1 Å². The van der Waals surface area contributed by atoms with Crippen LogP contribution in [0.3, 0.4) is 0 Å². The molecule has 208 valence electrons. The second kappa shape index (κ2) is 13.0. The van der Waals surface area contributed by atoms with Gasteiger partial charge in [0.05, 0.1) is 16.5 Å². The zero-order valence-corrected chi connectivity index (χ0v) is 25.4. The zero-order chi connectivity index (χ0) is 29.6. The summed E-state index contributed by atoms with van der Waals surface area (Å²) in [5.41, 5.74) is 2.53. The Morgan fingerprint density at radius 2 is 0.953 bits per heavy atom. The molecule has 0 bridgehead atoms. The van der Waals surface area contributed by atoms with Crippen molar-refractivity contribution >= 4 is 75.1 Å². The summed E-state index contributed by atoms with van der Waals surface area (Å²) in [5.74, 6) is 0. The van der Waals surface area contributed by atoms with Crippen molar-refractivity contribution < 1.29 is 8.42 Å². The maximum Gasteiger partial charge on any atom is 0.169 e. The monoisotopic (exact) mass is 611 g/mol. The fourth-order valence-electron chi connectivity index (χ4n) is 5.14. The Labute approximate surface area is 259 Å². The molecule has 0 unspecified atom stereocenters. The molecule has 0 spiro atoms. The van der Waals surface area contributed by atoms with Crippen LogP contribution in [0.25, 0.3) is 52.8 Å². The summed E-state index contributed by atoms with van der Waals surface area (Å²) in [4.78, 5) is 0.360. The van der Waals surface area contributed by atoms with Crippen molar-refractivity contribution in [2.75, 3.05) is 0 Å². The van der Waals surface area contributed by atoms with Crippen molar-refractivity contribution in [2.45, 2.75) is 4.90 Å². The number of hydrogen-bond donors (Lipinski definition) is 1. The molecular weight excluding hydrogens is 587 g/mol. The lowest BCUT2D eigenvalue weighted by Crippen LogP contribution is -1.92. The standard InChI is InChI=1S/C21H13NO2S.2C8H6S/c22-13-14-9-11-15(12-10-14)20-16-5-1-3-7-18(16)21(25(23)24)19-8-4-2-6-17(19)20;2*1-2-4-8-7(3-1)5-6-9-8/h1-12,25H;2*1-6H. The van der Waals surface area contributed by atoms with Crippen LogP contribution in [0.15, 0.2) is 149 Å². The molecule has 0 amide bonds. The summed E-state index contributed by atoms with van der Waals surface area (Å²) >= 11 is 3.57. The average Bonchev–Trinajstić information content (AvgIpc) is 3.74. The van der Waals surface area contributed by atoms with E-state index in [0.29, 0.717) is 10.5 Å². The van der Waals surface area contributed by atoms with Gasteiger partial charge in [-0.05, 0) is 79.8 Å². The van der Waals surface area contributed by atoms with Gasteiger partial charge in [0.15, 0.2) is 10.7 Å². The normalized spacial score (nSPS) is 10.7. The maximum atomic E-state index is 12.0. The molecule has 0 aliphatic heterocycles. The third kappa shape index (κ3) is 6.06. The van der Waals surface area contributed by atoms with E-state index in [-0.39, 0.29) is 0 Å². The average molecular weight is 612 g/mol. The number of nitriles is 1. The number of nitrogens with zero attached hydrogens (tertiary/aromatic N) is 1. The number of benzene rings is 6. The van der Waals surface area contributed by atoms with Gasteiger partial charge in [0, 0.05) is 20.2 Å². The van der Waals surface area contributed by atoms with E-state index in [1.165, 1.54) is 20.2 Å². The van der Waals surface area contributed by atoms with E-state index in [0.717, 1.165) is 32.7 Å². The minimum Gasteiger partial charge on any atom is -0.227 e. The summed E-state index contributed by atoms with van der Waals surface area (Å²) in [6, 6.07) is 45.7. The summed E-state index contributed by atoms with van der Waals surface area (Å²) in [7, 11) is -2.73. The van der Waals surface area contributed by atoms with E-state index in [1.807, 2.05) is 60.7 Å². The number of rotatable bonds is 2. The predicted molar refractivity (Wildman–Crippen MR) is 184 cm³/mol. The Balaban J connectivity index is 0.000000147. The minimum absolute atomic E-state index is 0.360. The van der Waals surface area contributed by atoms with Crippen molar-refractivity contribution in [3.05, 3.63) is 150 Å². The third-order valence-corrected chi connectivity index (χ3v) is 9.75. The molecule has 3 nitrogen and oxygen atoms in total. The van der Waals surface area contributed by atoms with Crippen LogP contribution in [0, 0.1) is 11.3 Å². The van der Waals surface area contributed by atoms with E-state index in [4.69, 9.17) is 5.26 Å². The van der Waals surface area contributed by atoms with Crippen LogP contribution in [-0.4, -0.2) is 8.42 Å². The maximum absolute atomic E-state index is 12.0. The SMILES string of the molecule is N#Cc1ccc(-c2c3ccccc3c([SH](=O)=O)c3ccccc23)cc1.c1ccc2sccc2c1.c1ccc2sccc2c1. The first-order valence-electron chi connectivity index (χ1n) is 13.6. The second-order valence-corrected chi connectivity index (χ2v) is 12.5. The molecule has 6 heteroatoms. The lowest BCUT2D eigenvalue weighted by atomic mass is 9.91. The van der Waals surface area contributed by atoms with Gasteiger partial charge < -0.3 is 0 Å². The molecule has 0 saturated heterocycles. The minimum atomic E-state index is -2.73. The highest BCUT2D eigenvalue weighted by atomic mass is 32.2. The molecule has 0 radical (unpaired) electrons. The largest absolute Gasteiger partial charge is 0.227 e. The fraction of sp³-hybridized carbons (Fsp3) is 0. The first-order chi connectivity index (χ1) is 21.1. The third-order valence-electron chi connectivity index (χ3n) is 7.11. The molecule has 43 heavy (non-hydrogen) atoms. The summed E-state index contributed by atoms with van der Waals surface area (Å²) in [6.07, 6.45) is 0. The molecule has 0 N–H and O–H groups in total. The quantitative estimate of drug-likeness (QED) is 0.156. The van der Waals surface area contributed by atoms with Crippen LogP contribution < -0.4 is 0 Å². The van der Waals surface area contributed by atoms with E-state index >= 15 is 0 Å². The van der Waals surface area contributed by atoms with Gasteiger partial charge in [0.25, 0.3) is 0 Å². The number of hydrogen-bond acceptors (Lipinski definition) is 5. The molecule has 0 aliphatic rings. The number of thiophene rings is 2. The van der Waals surface area contributed by atoms with Crippen LogP contribution >= 0.6 is 22.7 Å². The van der Waals surface area contributed by atoms with Crippen molar-refractivity contribution in [1.29, 1.82) is 5.26 Å². The van der Waals surface area contributed by atoms with Gasteiger partial charge >= 0.3 is 0 Å². The summed E-state index contributed by atoms with van der Waals surface area (Å²) in [6.45, 7) is 0. The summed E-state index contributed by atoms with van der Waals surface area (Å²) < 4.78 is 26.7. The van der Waals surface area contributed by atoms with E-state index in [1.54, 1.807) is 34.8 Å². The smallest absolute Gasteiger partial charge is 0.169 e. The second-order valence-electron chi connectivity index (χ2n) is 9.68. The molecular formula is C37H25NO2S3. The highest BCUT2D eigenvalue weighted by Gasteiger charge is 2.16. The molecule has 0 atom stereocenters. The molecule has 8 aromatic rings. The van der Waals surface area contributed by atoms with Crippen molar-refractivity contribution in [3.63, 3.8) is 0 Å². The Hall–Kier alpha value is -4.80. The molecule has 2 heterocycles. The van der Waals surface area contributed by atoms with Crippen LogP contribution in [0.5, 0.6) is 0 Å². The Kier molecular flexibility index (Phi) is 8.57. The lowest BCUT2D eigenvalue weighted by Gasteiger charge is -2.14. The van der Waals surface area contributed by atoms with Crippen molar-refractivity contribution in [2.24, 2.45) is 0 Å². The lowest BCUT2D eigenvalue weighted by molar-refractivity contribution is 0.616.